The van der Waals surface area contributed by atoms with E-state index < -0.39 is 0 Å². The largest absolute Gasteiger partial charge is 0.288 e. The molecular formula is C14H9ClN2O. The van der Waals surface area contributed by atoms with E-state index in [4.69, 9.17) is 11.6 Å². The maximum Gasteiger partial charge on any atom is 0.196 e. The average molecular weight is 257 g/mol. The molecule has 0 spiro atoms. The quantitative estimate of drug-likeness (QED) is 0.660. The van der Waals surface area contributed by atoms with Gasteiger partial charge in [-0.05, 0) is 36.4 Å². The van der Waals surface area contributed by atoms with Crippen LogP contribution in [0.25, 0.3) is 5.52 Å². The molecule has 0 amide bonds. The molecule has 0 radical (unpaired) electrons. The van der Waals surface area contributed by atoms with Gasteiger partial charge in [-0.3, -0.25) is 4.79 Å². The monoisotopic (exact) mass is 256 g/mol. The van der Waals surface area contributed by atoms with E-state index in [0.29, 0.717) is 16.1 Å². The third-order valence-electron chi connectivity index (χ3n) is 2.78. The van der Waals surface area contributed by atoms with E-state index in [-0.39, 0.29) is 5.78 Å². The van der Waals surface area contributed by atoms with Crippen molar-refractivity contribution in [1.82, 2.24) is 9.61 Å². The molecule has 3 aromatic rings. The normalized spacial score (nSPS) is 10.7. The highest BCUT2D eigenvalue weighted by atomic mass is 35.5. The number of aromatic nitrogens is 2. The fourth-order valence-electron chi connectivity index (χ4n) is 1.87. The van der Waals surface area contributed by atoms with Gasteiger partial charge in [0.2, 0.25) is 0 Å². The van der Waals surface area contributed by atoms with Crippen molar-refractivity contribution < 1.29 is 4.79 Å². The number of pyridine rings is 1. The highest BCUT2D eigenvalue weighted by Crippen LogP contribution is 2.17. The van der Waals surface area contributed by atoms with Crippen molar-refractivity contribution in [1.29, 1.82) is 0 Å². The summed E-state index contributed by atoms with van der Waals surface area (Å²) in [6.45, 7) is 0. The summed E-state index contributed by atoms with van der Waals surface area (Å²) >= 11 is 5.81. The van der Waals surface area contributed by atoms with Crippen LogP contribution in [0.1, 0.15) is 15.9 Å². The zero-order chi connectivity index (χ0) is 12.5. The molecule has 2 aromatic heterocycles. The van der Waals surface area contributed by atoms with Crippen molar-refractivity contribution in [2.75, 3.05) is 0 Å². The number of hydrogen-bond acceptors (Lipinski definition) is 2. The molecule has 3 rings (SSSR count). The van der Waals surface area contributed by atoms with Gasteiger partial charge >= 0.3 is 0 Å². The Morgan fingerprint density at radius 3 is 2.67 bits per heavy atom. The van der Waals surface area contributed by atoms with Crippen molar-refractivity contribution in [2.24, 2.45) is 0 Å². The van der Waals surface area contributed by atoms with E-state index in [0.717, 1.165) is 5.52 Å². The Bertz CT molecular complexity index is 716. The molecule has 0 N–H and O–H groups in total. The minimum absolute atomic E-state index is 0.0483. The van der Waals surface area contributed by atoms with Crippen LogP contribution in [-0.4, -0.2) is 15.4 Å². The minimum atomic E-state index is -0.0483. The number of hydrogen-bond donors (Lipinski definition) is 0. The van der Waals surface area contributed by atoms with Crippen molar-refractivity contribution in [3.63, 3.8) is 0 Å². The maximum absolute atomic E-state index is 12.3. The second kappa shape index (κ2) is 4.27. The number of rotatable bonds is 2. The summed E-state index contributed by atoms with van der Waals surface area (Å²) in [5.41, 5.74) is 2.01. The van der Waals surface area contributed by atoms with Gasteiger partial charge in [-0.25, -0.2) is 4.52 Å². The van der Waals surface area contributed by atoms with Crippen LogP contribution in [0.3, 0.4) is 0 Å². The predicted molar refractivity (Wildman–Crippen MR) is 70.1 cm³/mol. The van der Waals surface area contributed by atoms with Gasteiger partial charge in [0.15, 0.2) is 5.78 Å². The summed E-state index contributed by atoms with van der Waals surface area (Å²) in [6.07, 6.45) is 3.40. The Morgan fingerprint density at radius 2 is 1.89 bits per heavy atom. The highest BCUT2D eigenvalue weighted by Gasteiger charge is 2.14. The smallest absolute Gasteiger partial charge is 0.196 e. The molecule has 1 aromatic carbocycles. The number of nitrogens with zero attached hydrogens (tertiary/aromatic N) is 2. The fraction of sp³-hybridized carbons (Fsp3) is 0. The van der Waals surface area contributed by atoms with Gasteiger partial charge in [-0.1, -0.05) is 17.7 Å². The van der Waals surface area contributed by atoms with Crippen LogP contribution < -0.4 is 0 Å². The first-order valence-electron chi connectivity index (χ1n) is 5.48. The van der Waals surface area contributed by atoms with Gasteiger partial charge in [0, 0.05) is 16.8 Å². The molecule has 18 heavy (non-hydrogen) atoms. The first-order chi connectivity index (χ1) is 8.75. The molecular weight excluding hydrogens is 248 g/mol. The number of carbonyl (C=O) groups is 1. The first kappa shape index (κ1) is 11.0. The minimum Gasteiger partial charge on any atom is -0.288 e. The van der Waals surface area contributed by atoms with Crippen molar-refractivity contribution in [3.8, 4) is 0 Å². The van der Waals surface area contributed by atoms with E-state index in [2.05, 4.69) is 5.10 Å². The van der Waals surface area contributed by atoms with E-state index in [1.165, 1.54) is 0 Å². The predicted octanol–water partition coefficient (Wildman–Crippen LogP) is 3.22. The molecule has 0 unspecified atom stereocenters. The molecule has 3 nitrogen and oxygen atoms in total. The summed E-state index contributed by atoms with van der Waals surface area (Å²) in [5, 5.41) is 4.77. The topological polar surface area (TPSA) is 34.4 Å². The van der Waals surface area contributed by atoms with Crippen LogP contribution in [0.15, 0.2) is 54.9 Å². The van der Waals surface area contributed by atoms with E-state index in [1.807, 2.05) is 24.4 Å². The van der Waals surface area contributed by atoms with Crippen LogP contribution in [0.4, 0.5) is 0 Å². The summed E-state index contributed by atoms with van der Waals surface area (Å²) < 4.78 is 1.68. The van der Waals surface area contributed by atoms with Gasteiger partial charge < -0.3 is 0 Å². The Hall–Kier alpha value is -2.13. The lowest BCUT2D eigenvalue weighted by molar-refractivity contribution is 0.104. The number of benzene rings is 1. The lowest BCUT2D eigenvalue weighted by Gasteiger charge is -1.99. The molecule has 0 atom stereocenters. The highest BCUT2D eigenvalue weighted by molar-refractivity contribution is 6.30. The molecule has 0 aliphatic heterocycles. The molecule has 0 aliphatic carbocycles. The molecule has 0 saturated carbocycles. The molecule has 0 aliphatic rings. The number of carbonyl (C=O) groups excluding carboxylic acids is 1. The van der Waals surface area contributed by atoms with Gasteiger partial charge in [-0.2, -0.15) is 5.10 Å². The van der Waals surface area contributed by atoms with Gasteiger partial charge in [0.05, 0.1) is 17.3 Å². The average Bonchev–Trinajstić information content (AvgIpc) is 2.82. The Kier molecular flexibility index (Phi) is 2.61. The van der Waals surface area contributed by atoms with E-state index >= 15 is 0 Å². The Labute approximate surface area is 109 Å². The van der Waals surface area contributed by atoms with Crippen LogP contribution in [0.5, 0.6) is 0 Å². The SMILES string of the molecule is O=C(c1ccc(Cl)cc1)c1cnn2ccccc12. The second-order valence-electron chi connectivity index (χ2n) is 3.92. The number of fused-ring (bicyclic) bond motifs is 1. The first-order valence-corrected chi connectivity index (χ1v) is 5.86. The van der Waals surface area contributed by atoms with Gasteiger partial charge in [0.25, 0.3) is 0 Å². The van der Waals surface area contributed by atoms with E-state index in [1.54, 1.807) is 35.0 Å². The number of halogens is 1. The maximum atomic E-state index is 12.3. The summed E-state index contributed by atoms with van der Waals surface area (Å²) in [6, 6.07) is 12.5. The van der Waals surface area contributed by atoms with Crippen LogP contribution in [0.2, 0.25) is 5.02 Å². The van der Waals surface area contributed by atoms with Gasteiger partial charge in [-0.15, -0.1) is 0 Å². The van der Waals surface area contributed by atoms with Gasteiger partial charge in [0.1, 0.15) is 0 Å². The zero-order valence-electron chi connectivity index (χ0n) is 9.38. The summed E-state index contributed by atoms with van der Waals surface area (Å²) in [7, 11) is 0. The zero-order valence-corrected chi connectivity index (χ0v) is 10.1. The summed E-state index contributed by atoms with van der Waals surface area (Å²) in [5.74, 6) is -0.0483. The Morgan fingerprint density at radius 1 is 1.11 bits per heavy atom. The lowest BCUT2D eigenvalue weighted by atomic mass is 10.1. The lowest BCUT2D eigenvalue weighted by Crippen LogP contribution is -2.00. The molecule has 0 bridgehead atoms. The molecule has 88 valence electrons. The van der Waals surface area contributed by atoms with Crippen LogP contribution >= 0.6 is 11.6 Å². The molecule has 4 heteroatoms. The standard InChI is InChI=1S/C14H9ClN2O/c15-11-6-4-10(5-7-11)14(18)12-9-16-17-8-2-1-3-13(12)17/h1-9H. The van der Waals surface area contributed by atoms with Crippen molar-refractivity contribution in [3.05, 3.63) is 71.0 Å². The molecule has 0 saturated heterocycles. The molecule has 2 heterocycles. The van der Waals surface area contributed by atoms with Crippen LogP contribution in [0, 0.1) is 0 Å². The third kappa shape index (κ3) is 1.79. The van der Waals surface area contributed by atoms with Crippen LogP contribution in [-0.2, 0) is 0 Å². The number of ketones is 1. The van der Waals surface area contributed by atoms with Crippen molar-refractivity contribution in [2.45, 2.75) is 0 Å². The Balaban J connectivity index is 2.09. The van der Waals surface area contributed by atoms with E-state index in [9.17, 15) is 4.79 Å². The third-order valence-corrected chi connectivity index (χ3v) is 3.03. The summed E-state index contributed by atoms with van der Waals surface area (Å²) in [4.78, 5) is 12.3. The molecule has 0 fully saturated rings. The van der Waals surface area contributed by atoms with Crippen molar-refractivity contribution >= 4 is 22.9 Å². The fourth-order valence-corrected chi connectivity index (χ4v) is 1.99. The second-order valence-corrected chi connectivity index (χ2v) is 4.36.